The first-order valence-electron chi connectivity index (χ1n) is 13.4. The summed E-state index contributed by atoms with van der Waals surface area (Å²) in [6, 6.07) is 19.4. The molecule has 0 spiro atoms. The number of thiazole rings is 1. The Morgan fingerprint density at radius 2 is 1.73 bits per heavy atom. The molecule has 5 rings (SSSR count). The average molecular weight is 598 g/mol. The van der Waals surface area contributed by atoms with Gasteiger partial charge in [0.25, 0.3) is 5.91 Å². The minimum Gasteiger partial charge on any atom is -0.494 e. The number of hydrogen-bond donors (Lipinski definition) is 0. The van der Waals surface area contributed by atoms with Gasteiger partial charge in [0, 0.05) is 18.2 Å². The summed E-state index contributed by atoms with van der Waals surface area (Å²) in [6.07, 6.45) is 5.01. The van der Waals surface area contributed by atoms with Gasteiger partial charge >= 0.3 is 0 Å². The number of anilines is 1. The van der Waals surface area contributed by atoms with E-state index in [1.807, 2.05) is 37.3 Å². The van der Waals surface area contributed by atoms with Crippen LogP contribution in [0.15, 0.2) is 71.6 Å². The molecule has 1 aliphatic carbocycles. The summed E-state index contributed by atoms with van der Waals surface area (Å²) in [5, 5.41) is 1.00. The number of sulfonamides is 1. The van der Waals surface area contributed by atoms with Gasteiger partial charge in [0.1, 0.15) is 11.3 Å². The summed E-state index contributed by atoms with van der Waals surface area (Å²) in [7, 11) is -2.11. The SMILES string of the molecule is CCN(C1CCCCC1)S(=O)(=O)c1ccc(C(=O)N(Cc2ccccc2)c2nc3c(OC)ccc(Cl)c3s2)cc1. The van der Waals surface area contributed by atoms with E-state index in [0.717, 1.165) is 42.4 Å². The number of amides is 1. The maximum Gasteiger partial charge on any atom is 0.260 e. The van der Waals surface area contributed by atoms with Crippen LogP contribution in [0.3, 0.4) is 0 Å². The van der Waals surface area contributed by atoms with Gasteiger partial charge < -0.3 is 4.74 Å². The molecule has 4 aromatic rings. The smallest absolute Gasteiger partial charge is 0.260 e. The Hall–Kier alpha value is -2.98. The van der Waals surface area contributed by atoms with E-state index in [1.54, 1.807) is 40.6 Å². The number of methoxy groups -OCH3 is 1. The van der Waals surface area contributed by atoms with Gasteiger partial charge in [0.15, 0.2) is 5.13 Å². The fourth-order valence-corrected chi connectivity index (χ4v) is 8.22. The lowest BCUT2D eigenvalue weighted by atomic mass is 9.95. The lowest BCUT2D eigenvalue weighted by molar-refractivity contribution is 0.0985. The second-order valence-electron chi connectivity index (χ2n) is 9.83. The summed E-state index contributed by atoms with van der Waals surface area (Å²) in [5.74, 6) is 0.281. The van der Waals surface area contributed by atoms with Gasteiger partial charge in [0.05, 0.1) is 28.3 Å². The molecule has 1 fully saturated rings. The molecule has 1 heterocycles. The molecule has 1 amide bonds. The molecule has 0 aliphatic heterocycles. The second-order valence-corrected chi connectivity index (χ2v) is 13.1. The van der Waals surface area contributed by atoms with E-state index < -0.39 is 10.0 Å². The Morgan fingerprint density at radius 1 is 1.02 bits per heavy atom. The first-order valence-corrected chi connectivity index (χ1v) is 16.1. The van der Waals surface area contributed by atoms with Gasteiger partial charge in [-0.05, 0) is 54.8 Å². The van der Waals surface area contributed by atoms with Crippen LogP contribution in [0.1, 0.15) is 54.9 Å². The van der Waals surface area contributed by atoms with Crippen LogP contribution < -0.4 is 9.64 Å². The van der Waals surface area contributed by atoms with Crippen LogP contribution in [-0.2, 0) is 16.6 Å². The van der Waals surface area contributed by atoms with Crippen LogP contribution in [0.4, 0.5) is 5.13 Å². The Bertz CT molecular complexity index is 1580. The maximum absolute atomic E-state index is 13.9. The molecule has 1 aliphatic rings. The third-order valence-electron chi connectivity index (χ3n) is 7.33. The van der Waals surface area contributed by atoms with Crippen molar-refractivity contribution in [3.8, 4) is 5.75 Å². The molecular weight excluding hydrogens is 566 g/mol. The maximum atomic E-state index is 13.9. The molecule has 7 nitrogen and oxygen atoms in total. The van der Waals surface area contributed by atoms with Gasteiger partial charge in [-0.3, -0.25) is 9.69 Å². The van der Waals surface area contributed by atoms with Crippen molar-refractivity contribution in [1.29, 1.82) is 0 Å². The number of carbonyl (C=O) groups excluding carboxylic acids is 1. The molecule has 0 bridgehead atoms. The Morgan fingerprint density at radius 3 is 2.38 bits per heavy atom. The highest BCUT2D eigenvalue weighted by molar-refractivity contribution is 7.89. The molecule has 0 radical (unpaired) electrons. The summed E-state index contributed by atoms with van der Waals surface area (Å²) < 4.78 is 34.9. The van der Waals surface area contributed by atoms with Crippen molar-refractivity contribution in [1.82, 2.24) is 9.29 Å². The van der Waals surface area contributed by atoms with Gasteiger partial charge in [-0.25, -0.2) is 13.4 Å². The average Bonchev–Trinajstić information content (AvgIpc) is 3.43. The van der Waals surface area contributed by atoms with Gasteiger partial charge in [-0.15, -0.1) is 0 Å². The lowest BCUT2D eigenvalue weighted by Crippen LogP contribution is -2.41. The molecule has 40 heavy (non-hydrogen) atoms. The van der Waals surface area contributed by atoms with Crippen molar-refractivity contribution in [2.75, 3.05) is 18.6 Å². The first-order chi connectivity index (χ1) is 19.3. The molecule has 1 aromatic heterocycles. The Labute approximate surface area is 244 Å². The number of aromatic nitrogens is 1. The molecule has 1 saturated carbocycles. The number of halogens is 1. The zero-order chi connectivity index (χ0) is 28.3. The minimum absolute atomic E-state index is 0.0225. The van der Waals surface area contributed by atoms with Crippen LogP contribution in [0, 0.1) is 0 Å². The molecule has 0 unspecified atom stereocenters. The van der Waals surface area contributed by atoms with Crippen molar-refractivity contribution in [2.24, 2.45) is 0 Å². The van der Waals surface area contributed by atoms with Crippen molar-refractivity contribution in [3.63, 3.8) is 0 Å². The van der Waals surface area contributed by atoms with Crippen LogP contribution in [0.25, 0.3) is 10.2 Å². The van der Waals surface area contributed by atoms with Crippen molar-refractivity contribution < 1.29 is 17.9 Å². The molecule has 0 atom stereocenters. The molecule has 0 saturated heterocycles. The van der Waals surface area contributed by atoms with Crippen LogP contribution in [0.5, 0.6) is 5.75 Å². The van der Waals surface area contributed by atoms with Gasteiger partial charge in [-0.1, -0.05) is 79.5 Å². The van der Waals surface area contributed by atoms with E-state index in [2.05, 4.69) is 0 Å². The molecule has 210 valence electrons. The van der Waals surface area contributed by atoms with Crippen molar-refractivity contribution >= 4 is 54.2 Å². The molecular formula is C30H32ClN3O4S2. The summed E-state index contributed by atoms with van der Waals surface area (Å²) in [6.45, 7) is 2.58. The number of carbonyl (C=O) groups is 1. The number of fused-ring (bicyclic) bond motifs is 1. The normalized spacial score (nSPS) is 14.5. The largest absolute Gasteiger partial charge is 0.494 e. The fraction of sp³-hybridized carbons (Fsp3) is 0.333. The standard InChI is InChI=1S/C30H32ClN3O4S2/c1-3-34(23-12-8-5-9-13-23)40(36,37)24-16-14-22(15-17-24)29(35)33(20-21-10-6-4-7-11-21)30-32-27-26(38-2)19-18-25(31)28(27)39-30/h4,6-7,10-11,14-19,23H,3,5,8-9,12-13,20H2,1-2H3. The highest BCUT2D eigenvalue weighted by Crippen LogP contribution is 2.39. The van der Waals surface area contributed by atoms with Crippen LogP contribution in [0.2, 0.25) is 5.02 Å². The van der Waals surface area contributed by atoms with Gasteiger partial charge in [-0.2, -0.15) is 4.31 Å². The van der Waals surface area contributed by atoms with E-state index in [9.17, 15) is 13.2 Å². The number of hydrogen-bond acceptors (Lipinski definition) is 6. The second kappa shape index (κ2) is 12.3. The highest BCUT2D eigenvalue weighted by Gasteiger charge is 2.31. The Kier molecular flexibility index (Phi) is 8.75. The lowest BCUT2D eigenvalue weighted by Gasteiger charge is -2.32. The molecule has 3 aromatic carbocycles. The predicted octanol–water partition coefficient (Wildman–Crippen LogP) is 7.15. The topological polar surface area (TPSA) is 79.8 Å². The third kappa shape index (κ3) is 5.74. The van der Waals surface area contributed by atoms with Crippen molar-refractivity contribution in [2.45, 2.75) is 56.5 Å². The number of benzene rings is 3. The van der Waals surface area contributed by atoms with E-state index in [1.165, 1.54) is 23.5 Å². The van der Waals surface area contributed by atoms with E-state index in [-0.39, 0.29) is 23.4 Å². The summed E-state index contributed by atoms with van der Waals surface area (Å²) in [4.78, 5) is 20.5. The highest BCUT2D eigenvalue weighted by atomic mass is 35.5. The van der Waals surface area contributed by atoms with E-state index >= 15 is 0 Å². The predicted molar refractivity (Wildman–Crippen MR) is 161 cm³/mol. The minimum atomic E-state index is -3.67. The van der Waals surface area contributed by atoms with Crippen LogP contribution in [-0.4, -0.2) is 43.3 Å². The number of ether oxygens (including phenoxy) is 1. The van der Waals surface area contributed by atoms with E-state index in [0.29, 0.717) is 33.5 Å². The fourth-order valence-electron chi connectivity index (χ4n) is 5.27. The van der Waals surface area contributed by atoms with Crippen LogP contribution >= 0.6 is 22.9 Å². The third-order valence-corrected chi connectivity index (χ3v) is 10.9. The summed E-state index contributed by atoms with van der Waals surface area (Å²) in [5.41, 5.74) is 1.89. The van der Waals surface area contributed by atoms with E-state index in [4.69, 9.17) is 21.3 Å². The molecule has 10 heteroatoms. The molecule has 0 N–H and O–H groups in total. The first kappa shape index (κ1) is 28.5. The zero-order valence-electron chi connectivity index (χ0n) is 22.5. The number of nitrogens with zero attached hydrogens (tertiary/aromatic N) is 3. The monoisotopic (exact) mass is 597 g/mol. The zero-order valence-corrected chi connectivity index (χ0v) is 24.9. The number of rotatable bonds is 9. The van der Waals surface area contributed by atoms with Gasteiger partial charge in [0.2, 0.25) is 10.0 Å². The Balaban J connectivity index is 1.48. The quantitative estimate of drug-likeness (QED) is 0.205. The van der Waals surface area contributed by atoms with Crippen molar-refractivity contribution in [3.05, 3.63) is 82.9 Å². The summed E-state index contributed by atoms with van der Waals surface area (Å²) >= 11 is 7.78.